The first kappa shape index (κ1) is 13.5. The van der Waals surface area contributed by atoms with Crippen LogP contribution >= 0.6 is 15.9 Å². The molecule has 0 saturated heterocycles. The molecule has 0 saturated carbocycles. The molecule has 0 aliphatic heterocycles. The molecule has 2 nitrogen and oxygen atoms in total. The second-order valence-corrected chi connectivity index (χ2v) is 5.42. The van der Waals surface area contributed by atoms with Crippen molar-refractivity contribution in [1.29, 1.82) is 0 Å². The van der Waals surface area contributed by atoms with Gasteiger partial charge in [0.05, 0.1) is 5.60 Å². The van der Waals surface area contributed by atoms with Crippen LogP contribution < -0.4 is 4.74 Å². The predicted molar refractivity (Wildman–Crippen MR) is 70.1 cm³/mol. The first-order valence-corrected chi connectivity index (χ1v) is 6.42. The summed E-state index contributed by atoms with van der Waals surface area (Å²) in [5.74, 6) is 0.856. The fraction of sp³-hybridized carbons (Fsp3) is 0.538. The number of alkyl halides is 1. The standard InChI is InChI=1S/C13H19BrO2/c1-5-15-13(3,4)11-7-6-8-12(9-11)16-10(2)14/h6-10H,5H2,1-4H3. The van der Waals surface area contributed by atoms with Gasteiger partial charge in [0.15, 0.2) is 5.01 Å². The van der Waals surface area contributed by atoms with Gasteiger partial charge in [0.25, 0.3) is 0 Å². The Balaban J connectivity index is 2.89. The van der Waals surface area contributed by atoms with Crippen LogP contribution in [0.5, 0.6) is 5.75 Å². The van der Waals surface area contributed by atoms with Gasteiger partial charge in [-0.15, -0.1) is 0 Å². The number of ether oxygens (including phenoxy) is 2. The number of rotatable bonds is 5. The number of hydrogen-bond acceptors (Lipinski definition) is 2. The van der Waals surface area contributed by atoms with Gasteiger partial charge in [-0.05, 0) is 61.3 Å². The molecule has 16 heavy (non-hydrogen) atoms. The van der Waals surface area contributed by atoms with Crippen molar-refractivity contribution in [3.05, 3.63) is 29.8 Å². The van der Waals surface area contributed by atoms with Crippen molar-refractivity contribution in [1.82, 2.24) is 0 Å². The molecule has 0 amide bonds. The minimum absolute atomic E-state index is 0.0120. The quantitative estimate of drug-likeness (QED) is 0.760. The van der Waals surface area contributed by atoms with Crippen molar-refractivity contribution in [2.24, 2.45) is 0 Å². The predicted octanol–water partition coefficient (Wildman–Crippen LogP) is 4.08. The van der Waals surface area contributed by atoms with Gasteiger partial charge in [0.2, 0.25) is 0 Å². The molecule has 1 aromatic rings. The van der Waals surface area contributed by atoms with E-state index in [4.69, 9.17) is 9.47 Å². The van der Waals surface area contributed by atoms with Gasteiger partial charge in [-0.25, -0.2) is 0 Å². The van der Waals surface area contributed by atoms with Gasteiger partial charge in [-0.1, -0.05) is 12.1 Å². The first-order chi connectivity index (χ1) is 7.45. The highest BCUT2D eigenvalue weighted by atomic mass is 79.9. The Morgan fingerprint density at radius 2 is 2.06 bits per heavy atom. The SMILES string of the molecule is CCOC(C)(C)c1cccc(OC(C)Br)c1. The van der Waals surface area contributed by atoms with Gasteiger partial charge in [-0.2, -0.15) is 0 Å². The van der Waals surface area contributed by atoms with Gasteiger partial charge in [0.1, 0.15) is 5.75 Å². The van der Waals surface area contributed by atoms with E-state index in [1.165, 1.54) is 0 Å². The van der Waals surface area contributed by atoms with Crippen LogP contribution in [0.2, 0.25) is 0 Å². The Labute approximate surface area is 106 Å². The maximum Gasteiger partial charge on any atom is 0.150 e. The lowest BCUT2D eigenvalue weighted by Crippen LogP contribution is -2.21. The summed E-state index contributed by atoms with van der Waals surface area (Å²) in [5.41, 5.74) is 0.851. The molecular weight excluding hydrogens is 268 g/mol. The van der Waals surface area contributed by atoms with Gasteiger partial charge in [0, 0.05) is 6.61 Å². The normalized spacial score (nSPS) is 13.6. The molecule has 1 aromatic carbocycles. The zero-order chi connectivity index (χ0) is 12.2. The van der Waals surface area contributed by atoms with E-state index in [2.05, 4.69) is 35.8 Å². The zero-order valence-corrected chi connectivity index (χ0v) is 11.9. The van der Waals surface area contributed by atoms with Crippen LogP contribution in [0, 0.1) is 0 Å². The molecule has 0 aromatic heterocycles. The maximum atomic E-state index is 5.71. The number of hydrogen-bond donors (Lipinski definition) is 0. The molecule has 0 aliphatic rings. The minimum Gasteiger partial charge on any atom is -0.480 e. The summed E-state index contributed by atoms with van der Waals surface area (Å²) in [6, 6.07) is 8.01. The monoisotopic (exact) mass is 286 g/mol. The Morgan fingerprint density at radius 1 is 1.38 bits per heavy atom. The average molecular weight is 287 g/mol. The van der Waals surface area contributed by atoms with Crippen molar-refractivity contribution < 1.29 is 9.47 Å². The molecule has 3 heteroatoms. The summed E-state index contributed by atoms with van der Waals surface area (Å²) in [6.45, 7) is 8.77. The van der Waals surface area contributed by atoms with Gasteiger partial charge < -0.3 is 9.47 Å². The van der Waals surface area contributed by atoms with Crippen LogP contribution in [0.25, 0.3) is 0 Å². The fourth-order valence-corrected chi connectivity index (χ4v) is 1.79. The van der Waals surface area contributed by atoms with Crippen LogP contribution in [0.1, 0.15) is 33.3 Å². The van der Waals surface area contributed by atoms with E-state index in [0.717, 1.165) is 11.3 Å². The van der Waals surface area contributed by atoms with Crippen molar-refractivity contribution >= 4 is 15.9 Å². The number of benzene rings is 1. The van der Waals surface area contributed by atoms with Crippen LogP contribution in [0.3, 0.4) is 0 Å². The lowest BCUT2D eigenvalue weighted by atomic mass is 9.98. The van der Waals surface area contributed by atoms with E-state index in [1.807, 2.05) is 32.0 Å². The Hall–Kier alpha value is -0.540. The van der Waals surface area contributed by atoms with E-state index >= 15 is 0 Å². The molecule has 0 spiro atoms. The largest absolute Gasteiger partial charge is 0.480 e. The molecule has 0 heterocycles. The number of halogens is 1. The topological polar surface area (TPSA) is 18.5 Å². The Kier molecular flexibility index (Phi) is 4.81. The van der Waals surface area contributed by atoms with E-state index in [-0.39, 0.29) is 10.6 Å². The highest BCUT2D eigenvalue weighted by Gasteiger charge is 2.20. The minimum atomic E-state index is -0.274. The third-order valence-corrected chi connectivity index (χ3v) is 2.52. The molecular formula is C13H19BrO2. The summed E-state index contributed by atoms with van der Waals surface area (Å²) in [6.07, 6.45) is 0. The van der Waals surface area contributed by atoms with Crippen molar-refractivity contribution in [2.75, 3.05) is 6.61 Å². The van der Waals surface area contributed by atoms with E-state index in [1.54, 1.807) is 0 Å². The third-order valence-electron chi connectivity index (χ3n) is 2.33. The molecule has 0 radical (unpaired) electrons. The molecule has 1 atom stereocenters. The van der Waals surface area contributed by atoms with Crippen molar-refractivity contribution in [3.8, 4) is 5.75 Å². The molecule has 90 valence electrons. The van der Waals surface area contributed by atoms with Gasteiger partial charge in [-0.3, -0.25) is 0 Å². The summed E-state index contributed by atoms with van der Waals surface area (Å²) in [4.78, 5) is 0. The highest BCUT2D eigenvalue weighted by molar-refractivity contribution is 9.09. The maximum absolute atomic E-state index is 5.71. The highest BCUT2D eigenvalue weighted by Crippen LogP contribution is 2.28. The lowest BCUT2D eigenvalue weighted by Gasteiger charge is -2.25. The van der Waals surface area contributed by atoms with E-state index in [9.17, 15) is 0 Å². The third kappa shape index (κ3) is 3.80. The van der Waals surface area contributed by atoms with Crippen molar-refractivity contribution in [2.45, 2.75) is 38.3 Å². The average Bonchev–Trinajstić information content (AvgIpc) is 2.17. The first-order valence-electron chi connectivity index (χ1n) is 5.51. The summed E-state index contributed by atoms with van der Waals surface area (Å²) in [7, 11) is 0. The van der Waals surface area contributed by atoms with Crippen LogP contribution in [0.15, 0.2) is 24.3 Å². The second-order valence-electron chi connectivity index (χ2n) is 4.13. The molecule has 1 rings (SSSR count). The summed E-state index contributed by atoms with van der Waals surface area (Å²) < 4.78 is 11.3. The summed E-state index contributed by atoms with van der Waals surface area (Å²) in [5, 5.41) is 0.0120. The molecule has 0 N–H and O–H groups in total. The zero-order valence-electron chi connectivity index (χ0n) is 10.3. The second kappa shape index (κ2) is 5.69. The summed E-state index contributed by atoms with van der Waals surface area (Å²) >= 11 is 3.36. The lowest BCUT2D eigenvalue weighted by molar-refractivity contribution is -0.0141. The fourth-order valence-electron chi connectivity index (χ4n) is 1.58. The Bertz CT molecular complexity index is 334. The van der Waals surface area contributed by atoms with Crippen LogP contribution in [-0.2, 0) is 10.3 Å². The smallest absolute Gasteiger partial charge is 0.150 e. The molecule has 0 fully saturated rings. The Morgan fingerprint density at radius 3 is 2.62 bits per heavy atom. The van der Waals surface area contributed by atoms with Crippen LogP contribution in [-0.4, -0.2) is 11.6 Å². The molecule has 0 aliphatic carbocycles. The molecule has 1 unspecified atom stereocenters. The van der Waals surface area contributed by atoms with Crippen LogP contribution in [0.4, 0.5) is 0 Å². The van der Waals surface area contributed by atoms with E-state index < -0.39 is 0 Å². The van der Waals surface area contributed by atoms with E-state index in [0.29, 0.717) is 6.61 Å². The molecule has 0 bridgehead atoms. The van der Waals surface area contributed by atoms with Crippen molar-refractivity contribution in [3.63, 3.8) is 0 Å². The van der Waals surface area contributed by atoms with Gasteiger partial charge >= 0.3 is 0 Å².